The molecule has 1 aliphatic rings. The summed E-state index contributed by atoms with van der Waals surface area (Å²) in [5.41, 5.74) is 1.06. The van der Waals surface area contributed by atoms with Gasteiger partial charge in [0.25, 0.3) is 0 Å². The summed E-state index contributed by atoms with van der Waals surface area (Å²) < 4.78 is 5.26. The topological polar surface area (TPSA) is 46.6 Å². The quantitative estimate of drug-likeness (QED) is 0.825. The lowest BCUT2D eigenvalue weighted by molar-refractivity contribution is -0.135. The molecule has 2 rings (SSSR count). The summed E-state index contributed by atoms with van der Waals surface area (Å²) >= 11 is 0. The Bertz CT molecular complexity index is 452. The fourth-order valence-electron chi connectivity index (χ4n) is 2.53. The Kier molecular flexibility index (Phi) is 5.30. The van der Waals surface area contributed by atoms with Crippen LogP contribution >= 0.6 is 0 Å². The minimum Gasteiger partial charge on any atom is -0.378 e. The predicted octanol–water partition coefficient (Wildman–Crippen LogP) is 2.00. The first kappa shape index (κ1) is 14.7. The Balaban J connectivity index is 2.03. The van der Waals surface area contributed by atoms with Gasteiger partial charge in [0.2, 0.25) is 5.91 Å². The van der Waals surface area contributed by atoms with E-state index in [1.54, 1.807) is 6.92 Å². The molecule has 1 aromatic carbocycles. The normalized spacial score (nSPS) is 16.8. The van der Waals surface area contributed by atoms with E-state index in [4.69, 9.17) is 4.74 Å². The van der Waals surface area contributed by atoms with E-state index in [-0.39, 0.29) is 17.6 Å². The van der Waals surface area contributed by atoms with Crippen molar-refractivity contribution in [2.45, 2.75) is 25.7 Å². The second-order valence-corrected chi connectivity index (χ2v) is 5.21. The van der Waals surface area contributed by atoms with Crippen molar-refractivity contribution in [1.82, 2.24) is 4.90 Å². The number of hydrogen-bond acceptors (Lipinski definition) is 3. The molecule has 0 N–H and O–H groups in total. The molecule has 1 amide bonds. The highest BCUT2D eigenvalue weighted by atomic mass is 16.5. The Labute approximate surface area is 119 Å². The van der Waals surface area contributed by atoms with Gasteiger partial charge in [-0.1, -0.05) is 30.3 Å². The van der Waals surface area contributed by atoms with Crippen LogP contribution < -0.4 is 0 Å². The molecule has 1 fully saturated rings. The second kappa shape index (κ2) is 7.20. The summed E-state index contributed by atoms with van der Waals surface area (Å²) in [6.07, 6.45) is 0.809. The lowest BCUT2D eigenvalue weighted by Gasteiger charge is -2.28. The van der Waals surface area contributed by atoms with E-state index in [9.17, 15) is 9.59 Å². The van der Waals surface area contributed by atoms with Gasteiger partial charge in [0.1, 0.15) is 5.78 Å². The van der Waals surface area contributed by atoms with Crippen LogP contribution in [-0.2, 0) is 14.3 Å². The maximum Gasteiger partial charge on any atom is 0.223 e. The van der Waals surface area contributed by atoms with Gasteiger partial charge in [0, 0.05) is 25.9 Å². The summed E-state index contributed by atoms with van der Waals surface area (Å²) in [6.45, 7) is 4.10. The number of morpholine rings is 1. The molecule has 4 heteroatoms. The van der Waals surface area contributed by atoms with Crippen molar-refractivity contribution in [3.63, 3.8) is 0 Å². The molecule has 0 aliphatic carbocycles. The number of Topliss-reactive ketones (excluding diaryl/α,β-unsaturated/α-hetero) is 1. The number of ketones is 1. The molecular formula is C16H21NO3. The number of rotatable bonds is 5. The third kappa shape index (κ3) is 4.17. The first-order valence-corrected chi connectivity index (χ1v) is 7.06. The zero-order chi connectivity index (χ0) is 14.4. The standard InChI is InChI=1S/C16H21NO3/c1-13(18)11-15(14-5-3-2-4-6-14)12-16(19)17-7-9-20-10-8-17/h2-6,15H,7-12H2,1H3/t15-/m0/s1. The zero-order valence-electron chi connectivity index (χ0n) is 11.9. The second-order valence-electron chi connectivity index (χ2n) is 5.21. The number of carbonyl (C=O) groups is 2. The molecular weight excluding hydrogens is 254 g/mol. The van der Waals surface area contributed by atoms with Crippen LogP contribution in [0, 0.1) is 0 Å². The summed E-state index contributed by atoms with van der Waals surface area (Å²) in [6, 6.07) is 9.81. The fourth-order valence-corrected chi connectivity index (χ4v) is 2.53. The third-order valence-electron chi connectivity index (χ3n) is 3.59. The molecule has 0 bridgehead atoms. The van der Waals surface area contributed by atoms with Crippen molar-refractivity contribution in [2.75, 3.05) is 26.3 Å². The van der Waals surface area contributed by atoms with E-state index < -0.39 is 0 Å². The van der Waals surface area contributed by atoms with Crippen LogP contribution in [0.3, 0.4) is 0 Å². The van der Waals surface area contributed by atoms with Crippen molar-refractivity contribution in [3.05, 3.63) is 35.9 Å². The van der Waals surface area contributed by atoms with Crippen LogP contribution in [-0.4, -0.2) is 42.9 Å². The number of benzene rings is 1. The molecule has 20 heavy (non-hydrogen) atoms. The van der Waals surface area contributed by atoms with Crippen LogP contribution in [0.15, 0.2) is 30.3 Å². The lowest BCUT2D eigenvalue weighted by atomic mass is 9.90. The Morgan fingerprint density at radius 2 is 1.80 bits per heavy atom. The van der Waals surface area contributed by atoms with E-state index in [0.29, 0.717) is 39.1 Å². The van der Waals surface area contributed by atoms with Gasteiger partial charge < -0.3 is 14.4 Å². The molecule has 4 nitrogen and oxygen atoms in total. The van der Waals surface area contributed by atoms with E-state index in [2.05, 4.69) is 0 Å². The molecule has 0 aromatic heterocycles. The van der Waals surface area contributed by atoms with Gasteiger partial charge in [-0.05, 0) is 18.4 Å². The van der Waals surface area contributed by atoms with E-state index in [1.807, 2.05) is 35.2 Å². The maximum atomic E-state index is 12.3. The number of carbonyl (C=O) groups excluding carboxylic acids is 2. The maximum absolute atomic E-state index is 12.3. The Morgan fingerprint density at radius 3 is 2.40 bits per heavy atom. The van der Waals surface area contributed by atoms with Crippen LogP contribution in [0.1, 0.15) is 31.2 Å². The van der Waals surface area contributed by atoms with Crippen molar-refractivity contribution < 1.29 is 14.3 Å². The SMILES string of the molecule is CC(=O)C[C@@H](CC(=O)N1CCOCC1)c1ccccc1. The van der Waals surface area contributed by atoms with Gasteiger partial charge in [-0.3, -0.25) is 4.79 Å². The van der Waals surface area contributed by atoms with E-state index in [0.717, 1.165) is 5.56 Å². The highest BCUT2D eigenvalue weighted by Crippen LogP contribution is 2.24. The summed E-state index contributed by atoms with van der Waals surface area (Å²) in [7, 11) is 0. The summed E-state index contributed by atoms with van der Waals surface area (Å²) in [5.74, 6) is 0.209. The van der Waals surface area contributed by atoms with Gasteiger partial charge >= 0.3 is 0 Å². The largest absolute Gasteiger partial charge is 0.378 e. The minimum atomic E-state index is -0.0240. The van der Waals surface area contributed by atoms with Crippen LogP contribution in [0.2, 0.25) is 0 Å². The predicted molar refractivity (Wildman–Crippen MR) is 76.5 cm³/mol. The lowest BCUT2D eigenvalue weighted by Crippen LogP contribution is -2.41. The summed E-state index contributed by atoms with van der Waals surface area (Å²) in [5, 5.41) is 0. The van der Waals surface area contributed by atoms with Gasteiger partial charge in [0.15, 0.2) is 0 Å². The number of hydrogen-bond donors (Lipinski definition) is 0. The molecule has 108 valence electrons. The van der Waals surface area contributed by atoms with Crippen LogP contribution in [0.5, 0.6) is 0 Å². The molecule has 1 atom stereocenters. The summed E-state index contributed by atoms with van der Waals surface area (Å²) in [4.78, 5) is 25.6. The molecule has 1 aromatic rings. The average molecular weight is 275 g/mol. The van der Waals surface area contributed by atoms with Gasteiger partial charge in [-0.2, -0.15) is 0 Å². The van der Waals surface area contributed by atoms with Crippen molar-refractivity contribution in [2.24, 2.45) is 0 Å². The number of amides is 1. The highest BCUT2D eigenvalue weighted by Gasteiger charge is 2.23. The molecule has 0 radical (unpaired) electrons. The Hall–Kier alpha value is -1.68. The van der Waals surface area contributed by atoms with Crippen LogP contribution in [0.25, 0.3) is 0 Å². The van der Waals surface area contributed by atoms with Crippen molar-refractivity contribution in [3.8, 4) is 0 Å². The van der Waals surface area contributed by atoms with Crippen molar-refractivity contribution >= 4 is 11.7 Å². The monoisotopic (exact) mass is 275 g/mol. The number of ether oxygens (including phenoxy) is 1. The fraction of sp³-hybridized carbons (Fsp3) is 0.500. The highest BCUT2D eigenvalue weighted by molar-refractivity contribution is 5.80. The van der Waals surface area contributed by atoms with Gasteiger partial charge in [0.05, 0.1) is 13.2 Å². The average Bonchev–Trinajstić information content (AvgIpc) is 2.48. The molecule has 0 unspecified atom stereocenters. The minimum absolute atomic E-state index is 0.0240. The Morgan fingerprint density at radius 1 is 1.15 bits per heavy atom. The third-order valence-corrected chi connectivity index (χ3v) is 3.59. The van der Waals surface area contributed by atoms with Gasteiger partial charge in [-0.25, -0.2) is 0 Å². The van der Waals surface area contributed by atoms with Crippen LogP contribution in [0.4, 0.5) is 0 Å². The first-order chi connectivity index (χ1) is 9.66. The first-order valence-electron chi connectivity index (χ1n) is 7.06. The molecule has 1 saturated heterocycles. The van der Waals surface area contributed by atoms with Gasteiger partial charge in [-0.15, -0.1) is 0 Å². The van der Waals surface area contributed by atoms with Crippen molar-refractivity contribution in [1.29, 1.82) is 0 Å². The van der Waals surface area contributed by atoms with E-state index >= 15 is 0 Å². The smallest absolute Gasteiger partial charge is 0.223 e. The molecule has 1 aliphatic heterocycles. The molecule has 0 saturated carbocycles. The number of nitrogens with zero attached hydrogens (tertiary/aromatic N) is 1. The zero-order valence-corrected chi connectivity index (χ0v) is 11.9. The van der Waals surface area contributed by atoms with E-state index in [1.165, 1.54) is 0 Å². The molecule has 1 heterocycles. The molecule has 0 spiro atoms.